The molecule has 0 spiro atoms. The molecular weight excluding hydrogens is 343 g/mol. The van der Waals surface area contributed by atoms with Gasteiger partial charge in [0.2, 0.25) is 5.60 Å². The van der Waals surface area contributed by atoms with Crippen molar-refractivity contribution in [1.29, 1.82) is 0 Å². The van der Waals surface area contributed by atoms with Crippen molar-refractivity contribution in [2.24, 2.45) is 0 Å². The number of benzene rings is 1. The van der Waals surface area contributed by atoms with Gasteiger partial charge in [0.05, 0.1) is 7.11 Å². The third-order valence-corrected chi connectivity index (χ3v) is 4.38. The monoisotopic (exact) mass is 364 g/mol. The Labute approximate surface area is 151 Å². The molecule has 1 aromatic heterocycles. The summed E-state index contributed by atoms with van der Waals surface area (Å²) >= 11 is 5.18. The second kappa shape index (κ2) is 7.74. The standard InChI is InChI=1S/C18H21FN2O3S/c1-5-18(6-2,17(22)23-4)24-14-10-15(25)21-16(20-14)12-8-7-11(3)13(19)9-12/h7-10H,5-6H2,1-4H3,(H,20,21,25). The zero-order valence-electron chi connectivity index (χ0n) is 14.7. The van der Waals surface area contributed by atoms with Gasteiger partial charge in [-0.05, 0) is 31.4 Å². The van der Waals surface area contributed by atoms with Crippen molar-refractivity contribution < 1.29 is 18.7 Å². The molecule has 1 heterocycles. The van der Waals surface area contributed by atoms with Gasteiger partial charge in [0.25, 0.3) is 0 Å². The number of aryl methyl sites for hydroxylation is 1. The number of carbonyl (C=O) groups excluding carboxylic acids is 1. The third kappa shape index (κ3) is 4.04. The molecule has 0 radical (unpaired) electrons. The fraction of sp³-hybridized carbons (Fsp3) is 0.389. The van der Waals surface area contributed by atoms with Crippen molar-refractivity contribution in [3.05, 3.63) is 40.3 Å². The molecule has 0 atom stereocenters. The minimum atomic E-state index is -1.12. The Morgan fingerprint density at radius 3 is 2.56 bits per heavy atom. The molecule has 0 saturated heterocycles. The predicted octanol–water partition coefficient (Wildman–Crippen LogP) is 4.36. The number of esters is 1. The van der Waals surface area contributed by atoms with Crippen LogP contribution in [0.4, 0.5) is 4.39 Å². The van der Waals surface area contributed by atoms with Gasteiger partial charge in [-0.2, -0.15) is 0 Å². The lowest BCUT2D eigenvalue weighted by Crippen LogP contribution is -2.44. The van der Waals surface area contributed by atoms with Crippen LogP contribution in [0.1, 0.15) is 32.3 Å². The highest BCUT2D eigenvalue weighted by atomic mass is 32.1. The molecule has 1 N–H and O–H groups in total. The number of nitrogens with one attached hydrogen (secondary N) is 1. The van der Waals surface area contributed by atoms with Crippen LogP contribution in [0.25, 0.3) is 11.4 Å². The van der Waals surface area contributed by atoms with E-state index in [-0.39, 0.29) is 16.3 Å². The second-order valence-corrected chi connectivity index (χ2v) is 6.11. The highest BCUT2D eigenvalue weighted by Gasteiger charge is 2.39. The molecule has 7 heteroatoms. The van der Waals surface area contributed by atoms with E-state index in [1.807, 2.05) is 13.8 Å². The summed E-state index contributed by atoms with van der Waals surface area (Å²) in [5.41, 5.74) is -0.0442. The number of rotatable bonds is 6. The van der Waals surface area contributed by atoms with Crippen molar-refractivity contribution in [1.82, 2.24) is 9.97 Å². The first-order valence-corrected chi connectivity index (χ1v) is 8.41. The van der Waals surface area contributed by atoms with Gasteiger partial charge >= 0.3 is 5.97 Å². The van der Waals surface area contributed by atoms with Gasteiger partial charge in [0, 0.05) is 11.6 Å². The topological polar surface area (TPSA) is 64.2 Å². The van der Waals surface area contributed by atoms with E-state index in [4.69, 9.17) is 21.7 Å². The summed E-state index contributed by atoms with van der Waals surface area (Å²) in [4.78, 5) is 19.4. The number of aromatic amines is 1. The molecule has 134 valence electrons. The van der Waals surface area contributed by atoms with Gasteiger partial charge in [0.1, 0.15) is 16.3 Å². The molecule has 0 aliphatic carbocycles. The van der Waals surface area contributed by atoms with E-state index in [0.29, 0.717) is 29.8 Å². The molecule has 0 unspecified atom stereocenters. The Morgan fingerprint density at radius 2 is 2.00 bits per heavy atom. The maximum atomic E-state index is 13.8. The van der Waals surface area contributed by atoms with Crippen molar-refractivity contribution >= 4 is 18.2 Å². The third-order valence-electron chi connectivity index (χ3n) is 4.17. The Kier molecular flexibility index (Phi) is 5.89. The van der Waals surface area contributed by atoms with E-state index in [2.05, 4.69) is 9.97 Å². The van der Waals surface area contributed by atoms with Crippen LogP contribution < -0.4 is 4.74 Å². The summed E-state index contributed by atoms with van der Waals surface area (Å²) in [5, 5.41) is 0. The molecule has 0 aliphatic rings. The largest absolute Gasteiger partial charge is 0.466 e. The average molecular weight is 364 g/mol. The van der Waals surface area contributed by atoms with Crippen molar-refractivity contribution in [2.45, 2.75) is 39.2 Å². The van der Waals surface area contributed by atoms with Gasteiger partial charge in [-0.25, -0.2) is 14.2 Å². The van der Waals surface area contributed by atoms with E-state index in [1.165, 1.54) is 19.2 Å². The van der Waals surface area contributed by atoms with Crippen LogP contribution in [0.3, 0.4) is 0 Å². The van der Waals surface area contributed by atoms with E-state index < -0.39 is 11.6 Å². The number of methoxy groups -OCH3 is 1. The number of H-pyrrole nitrogens is 1. The smallest absolute Gasteiger partial charge is 0.350 e. The Bertz CT molecular complexity index is 831. The zero-order chi connectivity index (χ0) is 18.6. The lowest BCUT2D eigenvalue weighted by molar-refractivity contribution is -0.160. The zero-order valence-corrected chi connectivity index (χ0v) is 15.5. The van der Waals surface area contributed by atoms with E-state index in [1.54, 1.807) is 19.1 Å². The summed E-state index contributed by atoms with van der Waals surface area (Å²) < 4.78 is 24.9. The Morgan fingerprint density at radius 1 is 1.32 bits per heavy atom. The molecule has 25 heavy (non-hydrogen) atoms. The molecular formula is C18H21FN2O3S. The van der Waals surface area contributed by atoms with Gasteiger partial charge in [-0.1, -0.05) is 38.2 Å². The minimum absolute atomic E-state index is 0.274. The van der Waals surface area contributed by atoms with Gasteiger partial charge in [0.15, 0.2) is 5.88 Å². The SMILES string of the molecule is CCC(CC)(Oc1cc(=S)nc(-c2ccc(C)c(F)c2)[nH]1)C(=O)OC. The van der Waals surface area contributed by atoms with Gasteiger partial charge in [-0.15, -0.1) is 0 Å². The van der Waals surface area contributed by atoms with E-state index in [9.17, 15) is 9.18 Å². The average Bonchev–Trinajstić information content (AvgIpc) is 2.61. The van der Waals surface area contributed by atoms with Crippen molar-refractivity contribution in [3.63, 3.8) is 0 Å². The lowest BCUT2D eigenvalue weighted by Gasteiger charge is -2.29. The number of halogens is 1. The van der Waals surface area contributed by atoms with E-state index >= 15 is 0 Å². The lowest BCUT2D eigenvalue weighted by atomic mass is 9.97. The normalized spacial score (nSPS) is 11.2. The summed E-state index contributed by atoms with van der Waals surface area (Å²) in [6, 6.07) is 6.29. The molecule has 5 nitrogen and oxygen atoms in total. The van der Waals surface area contributed by atoms with Crippen molar-refractivity contribution in [2.75, 3.05) is 7.11 Å². The Balaban J connectivity index is 2.46. The molecule has 0 saturated carbocycles. The first kappa shape index (κ1) is 19.1. The van der Waals surface area contributed by atoms with Crippen LogP contribution in [0, 0.1) is 17.4 Å². The van der Waals surface area contributed by atoms with Crippen LogP contribution in [-0.4, -0.2) is 28.6 Å². The maximum absolute atomic E-state index is 13.8. The van der Waals surface area contributed by atoms with Crippen molar-refractivity contribution in [3.8, 4) is 17.3 Å². The highest BCUT2D eigenvalue weighted by molar-refractivity contribution is 7.71. The van der Waals surface area contributed by atoms with Crippen LogP contribution in [-0.2, 0) is 9.53 Å². The summed E-state index contributed by atoms with van der Waals surface area (Å²) in [6.07, 6.45) is 0.848. The predicted molar refractivity (Wildman–Crippen MR) is 95.5 cm³/mol. The molecule has 2 aromatic rings. The van der Waals surface area contributed by atoms with Gasteiger partial charge < -0.3 is 14.5 Å². The summed E-state index contributed by atoms with van der Waals surface area (Å²) in [6.45, 7) is 5.36. The van der Waals surface area contributed by atoms with Crippen LogP contribution in [0.2, 0.25) is 0 Å². The number of hydrogen-bond donors (Lipinski definition) is 1. The van der Waals surface area contributed by atoms with Gasteiger partial charge in [-0.3, -0.25) is 0 Å². The maximum Gasteiger partial charge on any atom is 0.350 e. The van der Waals surface area contributed by atoms with E-state index in [0.717, 1.165) is 0 Å². The number of aromatic nitrogens is 2. The minimum Gasteiger partial charge on any atom is -0.466 e. The van der Waals surface area contributed by atoms with Crippen LogP contribution in [0.5, 0.6) is 5.88 Å². The first-order valence-electron chi connectivity index (χ1n) is 8.00. The molecule has 0 amide bonds. The molecule has 0 aliphatic heterocycles. The number of ether oxygens (including phenoxy) is 2. The first-order chi connectivity index (χ1) is 11.8. The summed E-state index contributed by atoms with van der Waals surface area (Å²) in [7, 11) is 1.32. The fourth-order valence-electron chi connectivity index (χ4n) is 2.49. The van der Waals surface area contributed by atoms with Crippen LogP contribution >= 0.6 is 12.2 Å². The number of carbonyl (C=O) groups is 1. The molecule has 0 bridgehead atoms. The summed E-state index contributed by atoms with van der Waals surface area (Å²) in [5.74, 6) is -0.148. The fourth-order valence-corrected chi connectivity index (χ4v) is 2.69. The highest BCUT2D eigenvalue weighted by Crippen LogP contribution is 2.27. The molecule has 0 fully saturated rings. The number of nitrogens with zero attached hydrogens (tertiary/aromatic N) is 1. The molecule has 2 rings (SSSR count). The Hall–Kier alpha value is -2.28. The van der Waals surface area contributed by atoms with Crippen LogP contribution in [0.15, 0.2) is 24.3 Å². The quantitative estimate of drug-likeness (QED) is 0.609. The second-order valence-electron chi connectivity index (χ2n) is 5.69. The molecule has 1 aromatic carbocycles. The number of hydrogen-bond acceptors (Lipinski definition) is 5.